The van der Waals surface area contributed by atoms with Gasteiger partial charge < -0.3 is 15.5 Å². The van der Waals surface area contributed by atoms with E-state index in [2.05, 4.69) is 10.6 Å². The molecule has 3 amide bonds. The third kappa shape index (κ3) is 6.93. The molecule has 0 saturated carbocycles. The fourth-order valence-corrected chi connectivity index (χ4v) is 3.81. The van der Waals surface area contributed by atoms with E-state index in [1.54, 1.807) is 4.68 Å². The molecule has 0 saturated heterocycles. The highest BCUT2D eigenvalue weighted by molar-refractivity contribution is 5.96. The van der Waals surface area contributed by atoms with Crippen molar-refractivity contribution in [3.05, 3.63) is 70.9 Å². The van der Waals surface area contributed by atoms with Gasteiger partial charge in [-0.15, -0.1) is 0 Å². The second kappa shape index (κ2) is 11.3. The Hall–Kier alpha value is -3.82. The van der Waals surface area contributed by atoms with Crippen LogP contribution >= 0.6 is 0 Å². The van der Waals surface area contributed by atoms with Crippen molar-refractivity contribution >= 4 is 23.4 Å². The largest absolute Gasteiger partial charge is 0.416 e. The first-order valence-electron chi connectivity index (χ1n) is 12.4. The normalized spacial score (nSPS) is 11.8. The third-order valence-electron chi connectivity index (χ3n) is 6.13. The lowest BCUT2D eigenvalue weighted by atomic mass is 9.92. The molecule has 2 N–H and O–H groups in total. The van der Waals surface area contributed by atoms with Gasteiger partial charge >= 0.3 is 12.2 Å². The van der Waals surface area contributed by atoms with Crippen molar-refractivity contribution in [2.24, 2.45) is 0 Å². The van der Waals surface area contributed by atoms with E-state index < -0.39 is 23.7 Å². The van der Waals surface area contributed by atoms with Crippen LogP contribution in [0.4, 0.5) is 29.5 Å². The van der Waals surface area contributed by atoms with Gasteiger partial charge in [0.25, 0.3) is 0 Å². The standard InChI is InChI=1S/C28H34F3N5O2/c1-7-15-35(26(38)32-21-13-11-20(12-14-21)28(29,30)31)17-25(37)33-24-16-23(27(4,5)6)34-36(24)22-10-8-9-18(2)19(22)3/h8-14,16H,7,15,17H2,1-6H3,(H,32,38)(H,33,37). The number of hydrogen-bond donors (Lipinski definition) is 2. The molecule has 1 aromatic heterocycles. The molecule has 0 aliphatic rings. The van der Waals surface area contributed by atoms with Crippen LogP contribution in [0, 0.1) is 13.8 Å². The molecule has 204 valence electrons. The van der Waals surface area contributed by atoms with Gasteiger partial charge in [0, 0.05) is 23.7 Å². The fraction of sp³-hybridized carbons (Fsp3) is 0.393. The van der Waals surface area contributed by atoms with E-state index in [9.17, 15) is 22.8 Å². The summed E-state index contributed by atoms with van der Waals surface area (Å²) in [5, 5.41) is 10.2. The molecule has 0 spiro atoms. The lowest BCUT2D eigenvalue weighted by Crippen LogP contribution is -2.41. The number of nitrogens with one attached hydrogen (secondary N) is 2. The van der Waals surface area contributed by atoms with Crippen molar-refractivity contribution < 1.29 is 22.8 Å². The summed E-state index contributed by atoms with van der Waals surface area (Å²) in [4.78, 5) is 27.3. The first kappa shape index (κ1) is 28.7. The van der Waals surface area contributed by atoms with Gasteiger partial charge in [-0.25, -0.2) is 9.48 Å². The monoisotopic (exact) mass is 529 g/mol. The van der Waals surface area contributed by atoms with Crippen LogP contribution in [0.3, 0.4) is 0 Å². The molecule has 0 bridgehead atoms. The van der Waals surface area contributed by atoms with E-state index in [0.29, 0.717) is 12.2 Å². The Morgan fingerprint density at radius 3 is 2.24 bits per heavy atom. The number of hydrogen-bond acceptors (Lipinski definition) is 3. The number of aromatic nitrogens is 2. The van der Waals surface area contributed by atoms with Gasteiger partial charge in [0.15, 0.2) is 0 Å². The topological polar surface area (TPSA) is 79.3 Å². The maximum atomic E-state index is 13.1. The van der Waals surface area contributed by atoms with E-state index in [4.69, 9.17) is 5.10 Å². The average Bonchev–Trinajstić information content (AvgIpc) is 3.24. The smallest absolute Gasteiger partial charge is 0.315 e. The average molecular weight is 530 g/mol. The number of alkyl halides is 3. The van der Waals surface area contributed by atoms with Crippen LogP contribution in [0.1, 0.15) is 56.5 Å². The molecule has 10 heteroatoms. The number of halogens is 3. The summed E-state index contributed by atoms with van der Waals surface area (Å²) in [6, 6.07) is 11.3. The lowest BCUT2D eigenvalue weighted by Gasteiger charge is -2.22. The minimum Gasteiger partial charge on any atom is -0.315 e. The second-order valence-corrected chi connectivity index (χ2v) is 10.3. The molecule has 2 aromatic carbocycles. The molecule has 0 radical (unpaired) electrons. The fourth-order valence-electron chi connectivity index (χ4n) is 3.81. The number of anilines is 2. The summed E-state index contributed by atoms with van der Waals surface area (Å²) in [5.41, 5.74) is 2.86. The van der Waals surface area contributed by atoms with Gasteiger partial charge in [0.1, 0.15) is 12.4 Å². The Morgan fingerprint density at radius 2 is 1.66 bits per heavy atom. The molecule has 0 unspecified atom stereocenters. The highest BCUT2D eigenvalue weighted by Gasteiger charge is 2.30. The highest BCUT2D eigenvalue weighted by Crippen LogP contribution is 2.30. The van der Waals surface area contributed by atoms with Crippen molar-refractivity contribution in [2.45, 2.75) is 59.6 Å². The highest BCUT2D eigenvalue weighted by atomic mass is 19.4. The van der Waals surface area contributed by atoms with Gasteiger partial charge in [-0.05, 0) is 61.7 Å². The van der Waals surface area contributed by atoms with E-state index in [1.807, 2.05) is 65.8 Å². The van der Waals surface area contributed by atoms with Crippen molar-refractivity contribution in [1.82, 2.24) is 14.7 Å². The van der Waals surface area contributed by atoms with Crippen molar-refractivity contribution in [3.8, 4) is 5.69 Å². The van der Waals surface area contributed by atoms with Crippen molar-refractivity contribution in [2.75, 3.05) is 23.7 Å². The molecule has 38 heavy (non-hydrogen) atoms. The van der Waals surface area contributed by atoms with Gasteiger partial charge in [0.2, 0.25) is 5.91 Å². The molecule has 1 heterocycles. The number of aryl methyl sites for hydroxylation is 1. The molecular formula is C28H34F3N5O2. The molecule has 0 atom stereocenters. The number of benzene rings is 2. The second-order valence-electron chi connectivity index (χ2n) is 10.3. The zero-order valence-corrected chi connectivity index (χ0v) is 22.5. The summed E-state index contributed by atoms with van der Waals surface area (Å²) >= 11 is 0. The van der Waals surface area contributed by atoms with Gasteiger partial charge in [-0.2, -0.15) is 18.3 Å². The summed E-state index contributed by atoms with van der Waals surface area (Å²) < 4.78 is 40.2. The molecule has 0 aliphatic carbocycles. The maximum absolute atomic E-state index is 13.1. The van der Waals surface area contributed by atoms with E-state index >= 15 is 0 Å². The van der Waals surface area contributed by atoms with Crippen LogP contribution in [0.2, 0.25) is 0 Å². The maximum Gasteiger partial charge on any atom is 0.416 e. The molecule has 3 rings (SSSR count). The van der Waals surface area contributed by atoms with Crippen molar-refractivity contribution in [3.63, 3.8) is 0 Å². The van der Waals surface area contributed by atoms with Gasteiger partial charge in [0.05, 0.1) is 16.9 Å². The van der Waals surface area contributed by atoms with Gasteiger partial charge in [-0.1, -0.05) is 39.8 Å². The molecule has 0 fully saturated rings. The molecule has 3 aromatic rings. The summed E-state index contributed by atoms with van der Waals surface area (Å²) in [6.45, 7) is 12.0. The van der Waals surface area contributed by atoms with Crippen LogP contribution in [0.25, 0.3) is 5.69 Å². The number of nitrogens with zero attached hydrogens (tertiary/aromatic N) is 3. The summed E-state index contributed by atoms with van der Waals surface area (Å²) in [5.74, 6) is 0.0566. The van der Waals surface area contributed by atoms with Crippen LogP contribution in [0.5, 0.6) is 0 Å². The SMILES string of the molecule is CCCN(CC(=O)Nc1cc(C(C)(C)C)nn1-c1cccc(C)c1C)C(=O)Nc1ccc(C(F)(F)F)cc1. The van der Waals surface area contributed by atoms with E-state index in [1.165, 1.54) is 17.0 Å². The first-order chi connectivity index (χ1) is 17.7. The Labute approximate surface area is 221 Å². The summed E-state index contributed by atoms with van der Waals surface area (Å²) in [7, 11) is 0. The quantitative estimate of drug-likeness (QED) is 0.358. The van der Waals surface area contributed by atoms with Crippen LogP contribution < -0.4 is 10.6 Å². The number of urea groups is 1. The van der Waals surface area contributed by atoms with E-state index in [0.717, 1.165) is 34.6 Å². The molecular weight excluding hydrogens is 495 g/mol. The first-order valence-corrected chi connectivity index (χ1v) is 12.4. The Bertz CT molecular complexity index is 1290. The van der Waals surface area contributed by atoms with Gasteiger partial charge in [-0.3, -0.25) is 4.79 Å². The predicted octanol–water partition coefficient (Wildman–Crippen LogP) is 6.69. The lowest BCUT2D eigenvalue weighted by molar-refractivity contribution is -0.137. The zero-order chi connectivity index (χ0) is 28.3. The number of rotatable bonds is 7. The van der Waals surface area contributed by atoms with Crippen LogP contribution in [0.15, 0.2) is 48.5 Å². The van der Waals surface area contributed by atoms with Crippen molar-refractivity contribution in [1.29, 1.82) is 0 Å². The minimum atomic E-state index is -4.47. The summed E-state index contributed by atoms with van der Waals surface area (Å²) in [6.07, 6.45) is -3.88. The molecule has 0 aliphatic heterocycles. The zero-order valence-electron chi connectivity index (χ0n) is 22.5. The number of amides is 3. The van der Waals surface area contributed by atoms with Crippen LogP contribution in [-0.2, 0) is 16.4 Å². The Balaban J connectivity index is 1.80. The number of carbonyl (C=O) groups excluding carboxylic acids is 2. The van der Waals surface area contributed by atoms with E-state index in [-0.39, 0.29) is 24.2 Å². The Kier molecular flexibility index (Phi) is 8.54. The predicted molar refractivity (Wildman–Crippen MR) is 143 cm³/mol. The third-order valence-corrected chi connectivity index (χ3v) is 6.13. The number of carbonyl (C=O) groups is 2. The minimum absolute atomic E-state index is 0.201. The van der Waals surface area contributed by atoms with Crippen LogP contribution in [-0.4, -0.2) is 39.7 Å². The Morgan fingerprint density at radius 1 is 1.00 bits per heavy atom. The molecule has 7 nitrogen and oxygen atoms in total.